The van der Waals surface area contributed by atoms with Crippen LogP contribution in [0.1, 0.15) is 54.1 Å². The average molecular weight is 621 g/mol. The molecular formula is C37H44N6O3. The number of piperidine rings is 1. The number of aromatic nitrogens is 2. The summed E-state index contributed by atoms with van der Waals surface area (Å²) < 4.78 is 13.4. The molecule has 1 aromatic heterocycles. The summed E-state index contributed by atoms with van der Waals surface area (Å²) in [6.07, 6.45) is 3.97. The third kappa shape index (κ3) is 6.74. The van der Waals surface area contributed by atoms with Gasteiger partial charge in [0.1, 0.15) is 5.75 Å². The van der Waals surface area contributed by atoms with Crippen LogP contribution in [-0.2, 0) is 16.7 Å². The second-order valence-corrected chi connectivity index (χ2v) is 12.4. The first-order valence-corrected chi connectivity index (χ1v) is 16.5. The van der Waals surface area contributed by atoms with Crippen LogP contribution in [0.2, 0.25) is 0 Å². The van der Waals surface area contributed by atoms with Crippen molar-refractivity contribution in [3.63, 3.8) is 0 Å². The van der Waals surface area contributed by atoms with Crippen LogP contribution < -0.4 is 10.1 Å². The first-order chi connectivity index (χ1) is 22.5. The molecule has 0 aliphatic carbocycles. The fraction of sp³-hybridized carbons (Fsp3) is 0.432. The number of hydrogen-bond donors (Lipinski definition) is 1. The van der Waals surface area contributed by atoms with Gasteiger partial charge in [-0.3, -0.25) is 4.79 Å². The summed E-state index contributed by atoms with van der Waals surface area (Å²) in [6, 6.07) is 26.5. The number of carbonyl (C=O) groups is 1. The lowest BCUT2D eigenvalue weighted by molar-refractivity contribution is 0.0776. The number of rotatable bonds is 12. The average Bonchev–Trinajstić information content (AvgIpc) is 3.70. The van der Waals surface area contributed by atoms with Crippen LogP contribution in [0.15, 0.2) is 72.8 Å². The molecule has 2 saturated heterocycles. The maximum Gasteiger partial charge on any atom is 0.257 e. The number of anilines is 1. The molecule has 1 amide bonds. The summed E-state index contributed by atoms with van der Waals surface area (Å²) in [4.78, 5) is 23.2. The molecule has 6 rings (SSSR count). The molecule has 1 N–H and O–H groups in total. The smallest absolute Gasteiger partial charge is 0.257 e. The molecule has 1 unspecified atom stereocenters. The molecule has 0 spiro atoms. The van der Waals surface area contributed by atoms with Gasteiger partial charge in [0.25, 0.3) is 5.91 Å². The van der Waals surface area contributed by atoms with E-state index in [0.29, 0.717) is 49.2 Å². The topological polar surface area (TPSA) is 95.7 Å². The minimum atomic E-state index is -0.127. The van der Waals surface area contributed by atoms with E-state index in [1.54, 1.807) is 25.3 Å². The Kier molecular flexibility index (Phi) is 9.86. The van der Waals surface area contributed by atoms with Gasteiger partial charge in [0.15, 0.2) is 0 Å². The number of fused-ring (bicyclic) bond motifs is 1. The van der Waals surface area contributed by atoms with Crippen molar-refractivity contribution >= 4 is 22.9 Å². The molecule has 240 valence electrons. The number of ether oxygens (including phenoxy) is 2. The Morgan fingerprint density at radius 3 is 2.59 bits per heavy atom. The van der Waals surface area contributed by atoms with Gasteiger partial charge in [-0.25, -0.2) is 4.98 Å². The van der Waals surface area contributed by atoms with Crippen molar-refractivity contribution in [3.8, 4) is 11.8 Å². The number of para-hydroxylation sites is 2. The summed E-state index contributed by atoms with van der Waals surface area (Å²) in [7, 11) is 1.56. The summed E-state index contributed by atoms with van der Waals surface area (Å²) >= 11 is 0. The number of benzene rings is 3. The van der Waals surface area contributed by atoms with Crippen molar-refractivity contribution in [1.82, 2.24) is 19.4 Å². The van der Waals surface area contributed by atoms with E-state index in [1.165, 1.54) is 5.56 Å². The van der Waals surface area contributed by atoms with Crippen LogP contribution in [0, 0.1) is 11.3 Å². The Bertz CT molecular complexity index is 1670. The van der Waals surface area contributed by atoms with Gasteiger partial charge in [0.2, 0.25) is 5.95 Å². The van der Waals surface area contributed by atoms with E-state index in [0.717, 1.165) is 68.8 Å². The Balaban J connectivity index is 1.10. The SMILES string of the molecule is CCOCCn1c(NC2CCN(CCC3(c4ccccc4)CCN(C(=O)c4cc(C#N)ccc4OC)C3)CC2)nc2ccccc21. The van der Waals surface area contributed by atoms with Gasteiger partial charge in [-0.05, 0) is 75.0 Å². The van der Waals surface area contributed by atoms with E-state index in [9.17, 15) is 10.1 Å². The predicted molar refractivity (Wildman–Crippen MR) is 180 cm³/mol. The highest BCUT2D eigenvalue weighted by Gasteiger charge is 2.42. The lowest BCUT2D eigenvalue weighted by atomic mass is 9.76. The molecule has 3 aromatic carbocycles. The Morgan fingerprint density at radius 2 is 1.83 bits per heavy atom. The normalized spacial score (nSPS) is 18.9. The fourth-order valence-electron chi connectivity index (χ4n) is 7.10. The second kappa shape index (κ2) is 14.4. The van der Waals surface area contributed by atoms with E-state index >= 15 is 0 Å². The zero-order valence-corrected chi connectivity index (χ0v) is 27.0. The standard InChI is InChI=1S/C37H44N6O3/c1-3-46-24-23-43-33-12-8-7-11-32(33)40-36(43)39-30-15-19-41(20-16-30)21-17-37(29-9-5-4-6-10-29)18-22-42(27-37)35(44)31-25-28(26-38)13-14-34(31)45-2/h4-14,25,30H,3,15-24,27H2,1-2H3,(H,39,40). The van der Waals surface area contributed by atoms with E-state index in [2.05, 4.69) is 69.4 Å². The molecular weight excluding hydrogens is 576 g/mol. The molecule has 2 fully saturated rings. The lowest BCUT2D eigenvalue weighted by Crippen LogP contribution is -2.42. The number of nitriles is 1. The number of nitrogens with one attached hydrogen (secondary N) is 1. The first kappa shape index (κ1) is 31.6. The molecule has 0 saturated carbocycles. The Hall–Kier alpha value is -4.39. The van der Waals surface area contributed by atoms with Gasteiger partial charge in [-0.1, -0.05) is 42.5 Å². The highest BCUT2D eigenvalue weighted by molar-refractivity contribution is 5.97. The Labute approximate surface area is 271 Å². The number of amides is 1. The van der Waals surface area contributed by atoms with Crippen LogP contribution in [0.25, 0.3) is 11.0 Å². The minimum absolute atomic E-state index is 0.0778. The molecule has 3 heterocycles. The van der Waals surface area contributed by atoms with Gasteiger partial charge < -0.3 is 29.2 Å². The van der Waals surface area contributed by atoms with E-state index in [-0.39, 0.29) is 11.3 Å². The minimum Gasteiger partial charge on any atom is -0.496 e. The number of nitrogens with zero attached hydrogens (tertiary/aromatic N) is 5. The van der Waals surface area contributed by atoms with Gasteiger partial charge >= 0.3 is 0 Å². The van der Waals surface area contributed by atoms with Gasteiger partial charge in [0, 0.05) is 50.8 Å². The zero-order valence-electron chi connectivity index (χ0n) is 27.0. The highest BCUT2D eigenvalue weighted by atomic mass is 16.5. The molecule has 1 atom stereocenters. The van der Waals surface area contributed by atoms with Gasteiger partial charge in [-0.15, -0.1) is 0 Å². The Morgan fingerprint density at radius 1 is 1.04 bits per heavy atom. The highest BCUT2D eigenvalue weighted by Crippen LogP contribution is 2.39. The number of imidazole rings is 1. The second-order valence-electron chi connectivity index (χ2n) is 12.4. The van der Waals surface area contributed by atoms with Crippen LogP contribution in [-0.4, -0.2) is 84.3 Å². The van der Waals surface area contributed by atoms with Crippen molar-refractivity contribution < 1.29 is 14.3 Å². The molecule has 9 heteroatoms. The summed E-state index contributed by atoms with van der Waals surface area (Å²) in [6.45, 7) is 8.49. The molecule has 9 nitrogen and oxygen atoms in total. The molecule has 0 radical (unpaired) electrons. The maximum absolute atomic E-state index is 13.8. The summed E-state index contributed by atoms with van der Waals surface area (Å²) in [5, 5.41) is 13.2. The molecule has 0 bridgehead atoms. The monoisotopic (exact) mass is 620 g/mol. The molecule has 2 aliphatic heterocycles. The summed E-state index contributed by atoms with van der Waals surface area (Å²) in [5.74, 6) is 1.35. The number of hydrogen-bond acceptors (Lipinski definition) is 7. The predicted octanol–water partition coefficient (Wildman–Crippen LogP) is 5.70. The quantitative estimate of drug-likeness (QED) is 0.203. The summed E-state index contributed by atoms with van der Waals surface area (Å²) in [5.41, 5.74) is 4.20. The van der Waals surface area contributed by atoms with Crippen LogP contribution in [0.5, 0.6) is 5.75 Å². The van der Waals surface area contributed by atoms with Crippen LogP contribution in [0.4, 0.5) is 5.95 Å². The van der Waals surface area contributed by atoms with Crippen molar-refractivity contribution in [2.24, 2.45) is 0 Å². The number of carbonyl (C=O) groups excluding carboxylic acids is 1. The van der Waals surface area contributed by atoms with Gasteiger partial charge in [-0.2, -0.15) is 5.26 Å². The van der Waals surface area contributed by atoms with E-state index < -0.39 is 0 Å². The van der Waals surface area contributed by atoms with E-state index in [4.69, 9.17) is 14.5 Å². The van der Waals surface area contributed by atoms with Crippen molar-refractivity contribution in [2.45, 2.75) is 50.6 Å². The zero-order chi connectivity index (χ0) is 31.9. The van der Waals surface area contributed by atoms with Gasteiger partial charge in [0.05, 0.1) is 41.9 Å². The van der Waals surface area contributed by atoms with Crippen LogP contribution >= 0.6 is 0 Å². The number of methoxy groups -OCH3 is 1. The third-order valence-electron chi connectivity index (χ3n) is 9.73. The van der Waals surface area contributed by atoms with Crippen molar-refractivity contribution in [2.75, 3.05) is 58.4 Å². The van der Waals surface area contributed by atoms with Crippen molar-refractivity contribution in [3.05, 3.63) is 89.5 Å². The van der Waals surface area contributed by atoms with Crippen LogP contribution in [0.3, 0.4) is 0 Å². The lowest BCUT2D eigenvalue weighted by Gasteiger charge is -2.36. The maximum atomic E-state index is 13.8. The van der Waals surface area contributed by atoms with Crippen molar-refractivity contribution in [1.29, 1.82) is 5.26 Å². The fourth-order valence-corrected chi connectivity index (χ4v) is 7.10. The van der Waals surface area contributed by atoms with E-state index in [1.807, 2.05) is 17.9 Å². The molecule has 2 aliphatic rings. The molecule has 46 heavy (non-hydrogen) atoms. The number of likely N-dealkylation sites (tertiary alicyclic amines) is 2. The third-order valence-corrected chi connectivity index (χ3v) is 9.73. The first-order valence-electron chi connectivity index (χ1n) is 16.5. The largest absolute Gasteiger partial charge is 0.496 e. The molecule has 4 aromatic rings.